The highest BCUT2D eigenvalue weighted by Gasteiger charge is 2.12. The number of amides is 1. The van der Waals surface area contributed by atoms with E-state index in [1.807, 2.05) is 40.9 Å². The Balaban J connectivity index is 1.45. The Morgan fingerprint density at radius 1 is 1.24 bits per heavy atom. The molecule has 0 aliphatic heterocycles. The molecule has 3 aromatic heterocycles. The molecule has 0 spiro atoms. The second-order valence-electron chi connectivity index (χ2n) is 5.94. The summed E-state index contributed by atoms with van der Waals surface area (Å²) < 4.78 is 7.45. The number of hydrogen-bond donors (Lipinski definition) is 1. The lowest BCUT2D eigenvalue weighted by molar-refractivity contribution is -0.120. The average molecular weight is 334 g/mol. The number of nitrogens with zero attached hydrogens (tertiary/aromatic N) is 3. The molecule has 1 aromatic carbocycles. The van der Waals surface area contributed by atoms with Crippen molar-refractivity contribution in [1.29, 1.82) is 0 Å². The van der Waals surface area contributed by atoms with E-state index in [-0.39, 0.29) is 12.3 Å². The smallest absolute Gasteiger partial charge is 0.224 e. The summed E-state index contributed by atoms with van der Waals surface area (Å²) in [6.45, 7) is 2.44. The molecule has 0 aliphatic rings. The van der Waals surface area contributed by atoms with E-state index in [1.165, 1.54) is 5.56 Å². The molecule has 25 heavy (non-hydrogen) atoms. The van der Waals surface area contributed by atoms with Crippen LogP contribution in [0.25, 0.3) is 16.6 Å². The summed E-state index contributed by atoms with van der Waals surface area (Å²) in [5.74, 6) is 0.628. The average Bonchev–Trinajstić information content (AvgIpc) is 3.24. The van der Waals surface area contributed by atoms with E-state index in [0.717, 1.165) is 28.6 Å². The minimum Gasteiger partial charge on any atom is -0.464 e. The molecule has 0 aliphatic carbocycles. The van der Waals surface area contributed by atoms with Crippen LogP contribution in [0.5, 0.6) is 0 Å². The number of nitrogens with one attached hydrogen (secondary N) is 1. The lowest BCUT2D eigenvalue weighted by Crippen LogP contribution is -2.25. The highest BCUT2D eigenvalue weighted by Crippen LogP contribution is 2.23. The van der Waals surface area contributed by atoms with Gasteiger partial charge in [-0.15, -0.1) is 10.2 Å². The van der Waals surface area contributed by atoms with Gasteiger partial charge in [0.1, 0.15) is 5.58 Å². The topological polar surface area (TPSA) is 72.4 Å². The van der Waals surface area contributed by atoms with E-state index < -0.39 is 0 Å². The summed E-state index contributed by atoms with van der Waals surface area (Å²) in [6, 6.07) is 11.8. The van der Waals surface area contributed by atoms with Gasteiger partial charge in [0.25, 0.3) is 0 Å². The number of hydrogen-bond acceptors (Lipinski definition) is 4. The minimum atomic E-state index is -0.0741. The van der Waals surface area contributed by atoms with Gasteiger partial charge < -0.3 is 9.73 Å². The van der Waals surface area contributed by atoms with Crippen molar-refractivity contribution >= 4 is 22.5 Å². The third-order valence-electron chi connectivity index (χ3n) is 4.31. The Hall–Kier alpha value is -3.15. The quantitative estimate of drug-likeness (QED) is 0.609. The Bertz CT molecular complexity index is 1050. The molecule has 3 heterocycles. The highest BCUT2D eigenvalue weighted by atomic mass is 16.3. The summed E-state index contributed by atoms with van der Waals surface area (Å²) in [5.41, 5.74) is 3.70. The van der Waals surface area contributed by atoms with E-state index in [0.29, 0.717) is 12.4 Å². The van der Waals surface area contributed by atoms with Crippen LogP contribution in [0.3, 0.4) is 0 Å². The van der Waals surface area contributed by atoms with E-state index in [2.05, 4.69) is 28.5 Å². The Morgan fingerprint density at radius 3 is 3.04 bits per heavy atom. The molecular formula is C19H18N4O2. The molecule has 0 bridgehead atoms. The first-order chi connectivity index (χ1) is 12.2. The van der Waals surface area contributed by atoms with E-state index >= 15 is 0 Å². The van der Waals surface area contributed by atoms with Crippen LogP contribution in [-0.4, -0.2) is 20.5 Å². The van der Waals surface area contributed by atoms with Crippen LogP contribution < -0.4 is 5.32 Å². The maximum absolute atomic E-state index is 12.3. The van der Waals surface area contributed by atoms with Crippen molar-refractivity contribution < 1.29 is 9.21 Å². The number of aryl methyl sites for hydroxylation is 1. The monoisotopic (exact) mass is 334 g/mol. The second-order valence-corrected chi connectivity index (χ2v) is 5.94. The van der Waals surface area contributed by atoms with Crippen LogP contribution in [0, 0.1) is 0 Å². The number of rotatable bonds is 5. The summed E-state index contributed by atoms with van der Waals surface area (Å²) in [6.07, 6.45) is 4.77. The van der Waals surface area contributed by atoms with Crippen LogP contribution in [0.1, 0.15) is 23.9 Å². The van der Waals surface area contributed by atoms with Gasteiger partial charge >= 0.3 is 0 Å². The maximum Gasteiger partial charge on any atom is 0.224 e. The fourth-order valence-corrected chi connectivity index (χ4v) is 2.91. The van der Waals surface area contributed by atoms with Crippen LogP contribution in [-0.2, 0) is 24.2 Å². The van der Waals surface area contributed by atoms with Gasteiger partial charge in [0, 0.05) is 17.1 Å². The minimum absolute atomic E-state index is 0.0741. The van der Waals surface area contributed by atoms with Crippen molar-refractivity contribution in [2.45, 2.75) is 26.3 Å². The Morgan fingerprint density at radius 2 is 2.16 bits per heavy atom. The fraction of sp³-hybridized carbons (Fsp3) is 0.211. The van der Waals surface area contributed by atoms with Crippen molar-refractivity contribution in [3.63, 3.8) is 0 Å². The first-order valence-electron chi connectivity index (χ1n) is 8.29. The van der Waals surface area contributed by atoms with Gasteiger partial charge in [0.15, 0.2) is 11.5 Å². The van der Waals surface area contributed by atoms with Crippen molar-refractivity contribution in [2.75, 3.05) is 0 Å². The van der Waals surface area contributed by atoms with Gasteiger partial charge in [-0.2, -0.15) is 0 Å². The summed E-state index contributed by atoms with van der Waals surface area (Å²) >= 11 is 0. The van der Waals surface area contributed by atoms with E-state index in [1.54, 1.807) is 6.26 Å². The third kappa shape index (κ3) is 2.98. The van der Waals surface area contributed by atoms with Crippen molar-refractivity contribution in [3.05, 3.63) is 65.8 Å². The predicted octanol–water partition coefficient (Wildman–Crippen LogP) is 2.90. The van der Waals surface area contributed by atoms with Crippen molar-refractivity contribution in [1.82, 2.24) is 19.9 Å². The standard InChI is InChI=1S/C19H18N4O2/c1-2-13-6-7-15-14(12-25-16(15)9-13)10-19(24)20-11-18-22-21-17-5-3-4-8-23(17)18/h3-9,12H,2,10-11H2,1H3,(H,20,24). The Kier molecular flexibility index (Phi) is 3.93. The molecule has 1 amide bonds. The first kappa shape index (κ1) is 15.4. The van der Waals surface area contributed by atoms with Crippen LogP contribution in [0.15, 0.2) is 53.3 Å². The molecule has 0 fully saturated rings. The van der Waals surface area contributed by atoms with Crippen LogP contribution in [0.4, 0.5) is 0 Å². The SMILES string of the molecule is CCc1ccc2c(CC(=O)NCc3nnc4ccccn34)coc2c1. The fourth-order valence-electron chi connectivity index (χ4n) is 2.91. The van der Waals surface area contributed by atoms with Gasteiger partial charge in [-0.1, -0.05) is 25.1 Å². The Labute approximate surface area is 144 Å². The van der Waals surface area contributed by atoms with Crippen LogP contribution >= 0.6 is 0 Å². The normalized spacial score (nSPS) is 11.2. The summed E-state index contributed by atoms with van der Waals surface area (Å²) in [7, 11) is 0. The number of aromatic nitrogens is 3. The number of carbonyl (C=O) groups excluding carboxylic acids is 1. The molecule has 126 valence electrons. The molecule has 6 nitrogen and oxygen atoms in total. The third-order valence-corrected chi connectivity index (χ3v) is 4.31. The predicted molar refractivity (Wildman–Crippen MR) is 94.1 cm³/mol. The molecule has 0 unspecified atom stereocenters. The molecule has 6 heteroatoms. The largest absolute Gasteiger partial charge is 0.464 e. The van der Waals surface area contributed by atoms with Crippen molar-refractivity contribution in [3.8, 4) is 0 Å². The zero-order valence-corrected chi connectivity index (χ0v) is 13.9. The first-order valence-corrected chi connectivity index (χ1v) is 8.29. The lowest BCUT2D eigenvalue weighted by atomic mass is 10.1. The molecule has 4 rings (SSSR count). The summed E-state index contributed by atoms with van der Waals surface area (Å²) in [4.78, 5) is 12.3. The second kappa shape index (κ2) is 6.39. The van der Waals surface area contributed by atoms with Gasteiger partial charge in [-0.25, -0.2) is 0 Å². The molecule has 4 aromatic rings. The molecule has 0 atom stereocenters. The highest BCUT2D eigenvalue weighted by molar-refractivity contribution is 5.87. The van der Waals surface area contributed by atoms with Crippen LogP contribution in [0.2, 0.25) is 0 Å². The molecule has 0 saturated heterocycles. The molecular weight excluding hydrogens is 316 g/mol. The zero-order valence-electron chi connectivity index (χ0n) is 13.9. The van der Waals surface area contributed by atoms with E-state index in [9.17, 15) is 4.79 Å². The maximum atomic E-state index is 12.3. The van der Waals surface area contributed by atoms with Gasteiger partial charge in [-0.05, 0) is 30.2 Å². The van der Waals surface area contributed by atoms with Gasteiger partial charge in [0.2, 0.25) is 5.91 Å². The number of carbonyl (C=O) groups is 1. The number of fused-ring (bicyclic) bond motifs is 2. The van der Waals surface area contributed by atoms with Crippen molar-refractivity contribution in [2.24, 2.45) is 0 Å². The van der Waals surface area contributed by atoms with Gasteiger partial charge in [-0.3, -0.25) is 9.20 Å². The number of pyridine rings is 1. The molecule has 1 N–H and O–H groups in total. The van der Waals surface area contributed by atoms with E-state index in [4.69, 9.17) is 4.42 Å². The number of furan rings is 1. The summed E-state index contributed by atoms with van der Waals surface area (Å²) in [5, 5.41) is 12.1. The molecule has 0 radical (unpaired) electrons. The number of benzene rings is 1. The molecule has 0 saturated carbocycles. The lowest BCUT2D eigenvalue weighted by Gasteiger charge is -2.04. The van der Waals surface area contributed by atoms with Gasteiger partial charge in [0.05, 0.1) is 19.2 Å². The zero-order chi connectivity index (χ0) is 17.2.